The normalized spacial score (nSPS) is 10.4. The van der Waals surface area contributed by atoms with Crippen molar-refractivity contribution in [3.63, 3.8) is 0 Å². The zero-order chi connectivity index (χ0) is 13.9. The predicted molar refractivity (Wildman–Crippen MR) is 74.4 cm³/mol. The van der Waals surface area contributed by atoms with Crippen LogP contribution in [-0.2, 0) is 0 Å². The molecule has 6 nitrogen and oxygen atoms in total. The Morgan fingerprint density at radius 1 is 1.35 bits per heavy atom. The molecular formula is C13H10N4O2S. The lowest BCUT2D eigenvalue weighted by Crippen LogP contribution is -2.00. The fraction of sp³-hybridized carbons (Fsp3) is 0.0769. The minimum atomic E-state index is 0.254. The molecule has 0 amide bonds. The number of hydrogen-bond acceptors (Lipinski definition) is 6. The summed E-state index contributed by atoms with van der Waals surface area (Å²) < 4.78 is 6.89. The van der Waals surface area contributed by atoms with Crippen LogP contribution in [0.25, 0.3) is 16.4 Å². The van der Waals surface area contributed by atoms with Gasteiger partial charge in [0.1, 0.15) is 11.4 Å². The van der Waals surface area contributed by atoms with Crippen LogP contribution in [0.2, 0.25) is 0 Å². The van der Waals surface area contributed by atoms with Gasteiger partial charge in [-0.1, -0.05) is 17.3 Å². The summed E-state index contributed by atoms with van der Waals surface area (Å²) in [5.74, 6) is 0.649. The number of aromatic nitrogens is 4. The highest BCUT2D eigenvalue weighted by atomic mass is 32.1. The Bertz CT molecular complexity index is 737. The number of nitrogens with zero attached hydrogens (tertiary/aromatic N) is 4. The van der Waals surface area contributed by atoms with Crippen molar-refractivity contribution in [2.45, 2.75) is 0 Å². The fourth-order valence-corrected chi connectivity index (χ4v) is 2.51. The van der Waals surface area contributed by atoms with Gasteiger partial charge in [-0.25, -0.2) is 4.98 Å². The second-order valence-electron chi connectivity index (χ2n) is 3.87. The van der Waals surface area contributed by atoms with Crippen molar-refractivity contribution in [2.24, 2.45) is 0 Å². The van der Waals surface area contributed by atoms with E-state index in [2.05, 4.69) is 15.3 Å². The zero-order valence-corrected chi connectivity index (χ0v) is 11.4. The largest absolute Gasteiger partial charge is 0.496 e. The molecule has 20 heavy (non-hydrogen) atoms. The number of aldehydes is 1. The monoisotopic (exact) mass is 286 g/mol. The van der Waals surface area contributed by atoms with Gasteiger partial charge in [-0.05, 0) is 12.1 Å². The smallest absolute Gasteiger partial charge is 0.212 e. The maximum atomic E-state index is 11.2. The number of methoxy groups -OCH3 is 1. The minimum absolute atomic E-state index is 0.254. The predicted octanol–water partition coefficient (Wildman–Crippen LogP) is 2.21. The summed E-state index contributed by atoms with van der Waals surface area (Å²) in [6.45, 7) is 0. The Balaban J connectivity index is 2.27. The van der Waals surface area contributed by atoms with Gasteiger partial charge in [0, 0.05) is 17.1 Å². The van der Waals surface area contributed by atoms with Gasteiger partial charge in [-0.15, -0.1) is 16.4 Å². The number of carbonyl (C=O) groups excluding carboxylic acids is 1. The average Bonchev–Trinajstić information content (AvgIpc) is 3.15. The first-order valence-electron chi connectivity index (χ1n) is 5.79. The Kier molecular flexibility index (Phi) is 3.26. The van der Waals surface area contributed by atoms with E-state index in [1.165, 1.54) is 11.3 Å². The van der Waals surface area contributed by atoms with E-state index in [-0.39, 0.29) is 5.69 Å². The van der Waals surface area contributed by atoms with Crippen LogP contribution in [0.3, 0.4) is 0 Å². The summed E-state index contributed by atoms with van der Waals surface area (Å²) in [4.78, 5) is 15.4. The molecule has 0 radical (unpaired) electrons. The molecule has 0 atom stereocenters. The van der Waals surface area contributed by atoms with Crippen LogP contribution in [0.5, 0.6) is 5.75 Å². The van der Waals surface area contributed by atoms with Crippen molar-refractivity contribution in [3.8, 4) is 22.1 Å². The molecule has 0 aliphatic rings. The van der Waals surface area contributed by atoms with E-state index in [0.29, 0.717) is 22.9 Å². The number of hydrogen-bond donors (Lipinski definition) is 0. The third kappa shape index (κ3) is 1.97. The molecular weight excluding hydrogens is 276 g/mol. The van der Waals surface area contributed by atoms with Crippen molar-refractivity contribution in [1.82, 2.24) is 20.0 Å². The van der Waals surface area contributed by atoms with Crippen LogP contribution >= 0.6 is 11.3 Å². The SMILES string of the molecule is COc1ccccc1-c1c(C=O)nnn1-c1nccs1. The molecule has 0 spiro atoms. The first kappa shape index (κ1) is 12.5. The van der Waals surface area contributed by atoms with Crippen molar-refractivity contribution >= 4 is 17.6 Å². The van der Waals surface area contributed by atoms with Crippen LogP contribution in [0, 0.1) is 0 Å². The topological polar surface area (TPSA) is 69.9 Å². The van der Waals surface area contributed by atoms with Gasteiger partial charge in [0.15, 0.2) is 12.0 Å². The number of para-hydroxylation sites is 1. The fourth-order valence-electron chi connectivity index (χ4n) is 1.92. The van der Waals surface area contributed by atoms with E-state index >= 15 is 0 Å². The number of rotatable bonds is 4. The van der Waals surface area contributed by atoms with Gasteiger partial charge in [0.2, 0.25) is 5.13 Å². The third-order valence-electron chi connectivity index (χ3n) is 2.77. The Morgan fingerprint density at radius 2 is 2.20 bits per heavy atom. The molecule has 0 unspecified atom stereocenters. The second-order valence-corrected chi connectivity index (χ2v) is 4.74. The lowest BCUT2D eigenvalue weighted by molar-refractivity contribution is 0.111. The van der Waals surface area contributed by atoms with Crippen LogP contribution in [-0.4, -0.2) is 33.4 Å². The summed E-state index contributed by atoms with van der Waals surface area (Å²) in [6.07, 6.45) is 2.35. The molecule has 2 aromatic heterocycles. The number of thiazole rings is 1. The first-order chi connectivity index (χ1) is 9.85. The van der Waals surface area contributed by atoms with Gasteiger partial charge >= 0.3 is 0 Å². The van der Waals surface area contributed by atoms with Crippen molar-refractivity contribution in [3.05, 3.63) is 41.5 Å². The van der Waals surface area contributed by atoms with Crippen LogP contribution in [0.1, 0.15) is 10.5 Å². The van der Waals surface area contributed by atoms with E-state index in [4.69, 9.17) is 4.74 Å². The van der Waals surface area contributed by atoms with E-state index < -0.39 is 0 Å². The summed E-state index contributed by atoms with van der Waals surface area (Å²) in [6, 6.07) is 7.41. The number of benzene rings is 1. The van der Waals surface area contributed by atoms with Gasteiger partial charge in [0.25, 0.3) is 0 Å². The van der Waals surface area contributed by atoms with E-state index in [0.717, 1.165) is 5.56 Å². The number of ether oxygens (including phenoxy) is 1. The molecule has 0 saturated carbocycles. The van der Waals surface area contributed by atoms with E-state index in [9.17, 15) is 4.79 Å². The molecule has 0 saturated heterocycles. The quantitative estimate of drug-likeness (QED) is 0.688. The standard InChI is InChI=1S/C13H10N4O2S/c1-19-11-5-3-2-4-9(11)12-10(8-18)15-16-17(12)13-14-6-7-20-13/h2-8H,1H3. The minimum Gasteiger partial charge on any atom is -0.496 e. The van der Waals surface area contributed by atoms with Crippen LogP contribution in [0.4, 0.5) is 0 Å². The molecule has 3 rings (SSSR count). The van der Waals surface area contributed by atoms with Crippen LogP contribution in [0.15, 0.2) is 35.8 Å². The number of carbonyl (C=O) groups is 1. The highest BCUT2D eigenvalue weighted by molar-refractivity contribution is 7.12. The van der Waals surface area contributed by atoms with Crippen molar-refractivity contribution in [2.75, 3.05) is 7.11 Å². The molecule has 7 heteroatoms. The van der Waals surface area contributed by atoms with Crippen molar-refractivity contribution in [1.29, 1.82) is 0 Å². The maximum absolute atomic E-state index is 11.2. The molecule has 100 valence electrons. The molecule has 0 aliphatic carbocycles. The van der Waals surface area contributed by atoms with E-state index in [1.807, 2.05) is 29.6 Å². The van der Waals surface area contributed by atoms with Gasteiger partial charge in [-0.3, -0.25) is 4.79 Å². The lowest BCUT2D eigenvalue weighted by atomic mass is 10.1. The summed E-state index contributed by atoms with van der Waals surface area (Å²) >= 11 is 1.41. The first-order valence-corrected chi connectivity index (χ1v) is 6.67. The molecule has 0 aliphatic heterocycles. The van der Waals surface area contributed by atoms with Crippen molar-refractivity contribution < 1.29 is 9.53 Å². The van der Waals surface area contributed by atoms with Gasteiger partial charge < -0.3 is 4.74 Å². The highest BCUT2D eigenvalue weighted by Crippen LogP contribution is 2.32. The zero-order valence-electron chi connectivity index (χ0n) is 10.6. The Morgan fingerprint density at radius 3 is 2.90 bits per heavy atom. The lowest BCUT2D eigenvalue weighted by Gasteiger charge is -2.08. The van der Waals surface area contributed by atoms with E-state index in [1.54, 1.807) is 18.0 Å². The molecule has 0 bridgehead atoms. The molecule has 0 fully saturated rings. The molecule has 3 aromatic rings. The summed E-state index contributed by atoms with van der Waals surface area (Å²) in [7, 11) is 1.58. The maximum Gasteiger partial charge on any atom is 0.212 e. The highest BCUT2D eigenvalue weighted by Gasteiger charge is 2.20. The van der Waals surface area contributed by atoms with Crippen LogP contribution < -0.4 is 4.74 Å². The second kappa shape index (κ2) is 5.22. The Hall–Kier alpha value is -2.54. The van der Waals surface area contributed by atoms with Gasteiger partial charge in [-0.2, -0.15) is 4.68 Å². The molecule has 0 N–H and O–H groups in total. The molecule has 1 aromatic carbocycles. The summed E-state index contributed by atoms with van der Waals surface area (Å²) in [5.41, 5.74) is 1.58. The van der Waals surface area contributed by atoms with Gasteiger partial charge in [0.05, 0.1) is 7.11 Å². The molecule has 2 heterocycles. The Labute approximate surface area is 118 Å². The average molecular weight is 286 g/mol. The third-order valence-corrected chi connectivity index (χ3v) is 3.52. The summed E-state index contributed by atoms with van der Waals surface area (Å²) in [5, 5.41) is 10.4.